The molecule has 0 radical (unpaired) electrons. The van der Waals surface area contributed by atoms with Crippen LogP contribution in [0.15, 0.2) is 66.7 Å². The highest BCUT2D eigenvalue weighted by atomic mass is 19.1. The van der Waals surface area contributed by atoms with Gasteiger partial charge in [-0.1, -0.05) is 48.5 Å². The normalized spacial score (nSPS) is 18.4. The molecule has 0 bridgehead atoms. The van der Waals surface area contributed by atoms with Gasteiger partial charge in [0.05, 0.1) is 0 Å². The average Bonchev–Trinajstić information content (AvgIpc) is 3.42. The summed E-state index contributed by atoms with van der Waals surface area (Å²) in [5, 5.41) is 2.16. The van der Waals surface area contributed by atoms with E-state index in [2.05, 4.69) is 17.0 Å². The maximum absolute atomic E-state index is 13.2. The monoisotopic (exact) mass is 520 g/mol. The summed E-state index contributed by atoms with van der Waals surface area (Å²) in [6, 6.07) is 21.1. The van der Waals surface area contributed by atoms with Gasteiger partial charge in [0, 0.05) is 38.4 Å². The van der Waals surface area contributed by atoms with E-state index in [4.69, 9.17) is 9.47 Å². The van der Waals surface area contributed by atoms with Gasteiger partial charge in [-0.3, -0.25) is 4.79 Å². The van der Waals surface area contributed by atoms with Crippen molar-refractivity contribution in [3.8, 4) is 0 Å². The second-order valence-corrected chi connectivity index (χ2v) is 10.2. The van der Waals surface area contributed by atoms with Gasteiger partial charge in [0.2, 0.25) is 0 Å². The molecule has 5 nitrogen and oxygen atoms in total. The number of fused-ring (bicyclic) bond motifs is 1. The molecule has 2 aliphatic rings. The minimum Gasteiger partial charge on any atom is -0.356 e. The molecule has 3 aromatic carbocycles. The van der Waals surface area contributed by atoms with Crippen molar-refractivity contribution in [2.45, 2.75) is 39.0 Å². The van der Waals surface area contributed by atoms with E-state index in [1.165, 1.54) is 5.56 Å². The average molecular weight is 521 g/mol. The van der Waals surface area contributed by atoms with Crippen molar-refractivity contribution in [1.29, 1.82) is 0 Å². The fourth-order valence-corrected chi connectivity index (χ4v) is 5.52. The molecule has 2 saturated heterocycles. The van der Waals surface area contributed by atoms with Crippen molar-refractivity contribution in [2.24, 2.45) is 5.92 Å². The minimum atomic E-state index is -0.162. The van der Waals surface area contributed by atoms with Crippen molar-refractivity contribution < 1.29 is 18.7 Å². The van der Waals surface area contributed by atoms with E-state index in [0.717, 1.165) is 81.5 Å². The molecule has 0 unspecified atom stereocenters. The highest BCUT2D eigenvalue weighted by Gasteiger charge is 2.30. The van der Waals surface area contributed by atoms with Crippen molar-refractivity contribution in [3.63, 3.8) is 0 Å². The highest BCUT2D eigenvalue weighted by molar-refractivity contribution is 6.07. The molecule has 1 atom stereocenters. The van der Waals surface area contributed by atoms with Crippen molar-refractivity contribution in [3.05, 3.63) is 83.7 Å². The van der Waals surface area contributed by atoms with Crippen molar-refractivity contribution in [2.75, 3.05) is 52.7 Å². The Hall–Kier alpha value is -2.80. The molecule has 0 spiro atoms. The number of benzene rings is 3. The molecular weight excluding hydrogens is 479 g/mol. The molecule has 2 fully saturated rings. The molecule has 5 rings (SSSR count). The first kappa shape index (κ1) is 28.2. The number of halogens is 1. The third-order valence-corrected chi connectivity index (χ3v) is 7.61. The summed E-state index contributed by atoms with van der Waals surface area (Å²) in [5.74, 6) is 1.07. The standard InChI is InChI=1S/C27H29FN2O.C5H12O2/c28-24-10-8-21(9-11-24)22-13-15-29(16-14-22)18-20-12-17-30(19-20)27(31)26-7-3-5-23-4-1-2-6-25(23)26;1-3-6-5-7-4-2/h1-11,20,22H,12-19H2;3-5H2,1-2H3/t20-;/m1./s1. The van der Waals surface area contributed by atoms with Crippen molar-refractivity contribution >= 4 is 16.7 Å². The molecule has 6 heteroatoms. The summed E-state index contributed by atoms with van der Waals surface area (Å²) in [5.41, 5.74) is 2.08. The number of carbonyl (C=O) groups is 1. The third-order valence-electron chi connectivity index (χ3n) is 7.61. The lowest BCUT2D eigenvalue weighted by molar-refractivity contribution is -0.0445. The lowest BCUT2D eigenvalue weighted by atomic mass is 9.89. The molecule has 2 aliphatic heterocycles. The van der Waals surface area contributed by atoms with Crippen LogP contribution in [-0.2, 0) is 9.47 Å². The van der Waals surface area contributed by atoms with Gasteiger partial charge >= 0.3 is 0 Å². The maximum Gasteiger partial charge on any atom is 0.254 e. The molecule has 1 amide bonds. The molecule has 0 aromatic heterocycles. The first-order chi connectivity index (χ1) is 18.6. The van der Waals surface area contributed by atoms with Gasteiger partial charge in [0.15, 0.2) is 0 Å². The molecule has 3 aromatic rings. The number of amides is 1. The van der Waals surface area contributed by atoms with Crippen LogP contribution in [0.2, 0.25) is 0 Å². The number of piperidine rings is 1. The van der Waals surface area contributed by atoms with Crippen LogP contribution in [0, 0.1) is 11.7 Å². The number of carbonyl (C=O) groups excluding carboxylic acids is 1. The van der Waals surface area contributed by atoms with Crippen LogP contribution in [0.3, 0.4) is 0 Å². The molecular formula is C32H41FN2O3. The molecule has 0 aliphatic carbocycles. The number of rotatable bonds is 8. The summed E-state index contributed by atoms with van der Waals surface area (Å²) >= 11 is 0. The summed E-state index contributed by atoms with van der Waals surface area (Å²) < 4.78 is 22.9. The van der Waals surface area contributed by atoms with Crippen LogP contribution >= 0.6 is 0 Å². The SMILES string of the molecule is CCOCOCC.O=C(c1cccc2ccccc12)N1CC[C@H](CN2CCC(c3ccc(F)cc3)CC2)C1. The fourth-order valence-electron chi connectivity index (χ4n) is 5.52. The van der Waals surface area contributed by atoms with Crippen molar-refractivity contribution in [1.82, 2.24) is 9.80 Å². The second-order valence-electron chi connectivity index (χ2n) is 10.2. The number of hydrogen-bond acceptors (Lipinski definition) is 4. The Morgan fingerprint density at radius 3 is 2.26 bits per heavy atom. The van der Waals surface area contributed by atoms with Gasteiger partial charge in [0.25, 0.3) is 5.91 Å². The molecule has 2 heterocycles. The first-order valence-electron chi connectivity index (χ1n) is 14.0. The molecule has 0 N–H and O–H groups in total. The summed E-state index contributed by atoms with van der Waals surface area (Å²) in [4.78, 5) is 17.8. The van der Waals surface area contributed by atoms with Crippen LogP contribution < -0.4 is 0 Å². The Morgan fingerprint density at radius 1 is 0.868 bits per heavy atom. The van der Waals surface area contributed by atoms with Gasteiger partial charge in [0.1, 0.15) is 12.6 Å². The number of ether oxygens (including phenoxy) is 2. The molecule has 0 saturated carbocycles. The predicted octanol–water partition coefficient (Wildman–Crippen LogP) is 6.34. The smallest absolute Gasteiger partial charge is 0.254 e. The summed E-state index contributed by atoms with van der Waals surface area (Å²) in [7, 11) is 0. The highest BCUT2D eigenvalue weighted by Crippen LogP contribution is 2.30. The maximum atomic E-state index is 13.2. The van der Waals surface area contributed by atoms with E-state index in [1.54, 1.807) is 12.1 Å². The quantitative estimate of drug-likeness (QED) is 0.257. The lowest BCUT2D eigenvalue weighted by Gasteiger charge is -2.33. The van der Waals surface area contributed by atoms with Gasteiger partial charge < -0.3 is 19.3 Å². The number of likely N-dealkylation sites (tertiary alicyclic amines) is 2. The van der Waals surface area contributed by atoms with Crippen LogP contribution in [0.5, 0.6) is 0 Å². The zero-order valence-corrected chi connectivity index (χ0v) is 22.8. The Balaban J connectivity index is 0.000000426. The van der Waals surface area contributed by atoms with Crippen LogP contribution in [-0.4, -0.2) is 68.4 Å². The van der Waals surface area contributed by atoms with E-state index in [1.807, 2.05) is 61.2 Å². The Bertz CT molecular complexity index is 1140. The lowest BCUT2D eigenvalue weighted by Crippen LogP contribution is -2.37. The number of nitrogens with zero attached hydrogens (tertiary/aromatic N) is 2. The summed E-state index contributed by atoms with van der Waals surface area (Å²) in [6.07, 6.45) is 3.32. The number of hydrogen-bond donors (Lipinski definition) is 0. The van der Waals surface area contributed by atoms with Gasteiger partial charge in [-0.15, -0.1) is 0 Å². The zero-order valence-electron chi connectivity index (χ0n) is 22.8. The van der Waals surface area contributed by atoms with E-state index in [9.17, 15) is 9.18 Å². The van der Waals surface area contributed by atoms with Crippen LogP contribution in [0.1, 0.15) is 54.9 Å². The predicted molar refractivity (Wildman–Crippen MR) is 151 cm³/mol. The van der Waals surface area contributed by atoms with E-state index in [0.29, 0.717) is 18.6 Å². The van der Waals surface area contributed by atoms with E-state index in [-0.39, 0.29) is 11.7 Å². The fraction of sp³-hybridized carbons (Fsp3) is 0.469. The molecule has 38 heavy (non-hydrogen) atoms. The Kier molecular flexibility index (Phi) is 10.7. The van der Waals surface area contributed by atoms with E-state index >= 15 is 0 Å². The second kappa shape index (κ2) is 14.4. The van der Waals surface area contributed by atoms with Crippen LogP contribution in [0.25, 0.3) is 10.8 Å². The Labute approximate surface area is 226 Å². The van der Waals surface area contributed by atoms with Gasteiger partial charge in [-0.25, -0.2) is 4.39 Å². The zero-order chi connectivity index (χ0) is 26.7. The molecule has 204 valence electrons. The largest absolute Gasteiger partial charge is 0.356 e. The topological polar surface area (TPSA) is 42.0 Å². The third kappa shape index (κ3) is 7.62. The first-order valence-corrected chi connectivity index (χ1v) is 14.0. The van der Waals surface area contributed by atoms with Gasteiger partial charge in [-0.05, 0) is 92.6 Å². The van der Waals surface area contributed by atoms with Gasteiger partial charge in [-0.2, -0.15) is 0 Å². The summed E-state index contributed by atoms with van der Waals surface area (Å²) in [6.45, 7) is 10.7. The minimum absolute atomic E-state index is 0.161. The van der Waals surface area contributed by atoms with E-state index < -0.39 is 0 Å². The van der Waals surface area contributed by atoms with Crippen LogP contribution in [0.4, 0.5) is 4.39 Å². The Morgan fingerprint density at radius 2 is 1.55 bits per heavy atom.